The van der Waals surface area contributed by atoms with E-state index in [2.05, 4.69) is 19.9 Å². The van der Waals surface area contributed by atoms with E-state index >= 15 is 0 Å². The Bertz CT molecular complexity index is 1010. The molecule has 0 amide bonds. The first kappa shape index (κ1) is 29.6. The molecule has 12 N–H and O–H groups in total. The summed E-state index contributed by atoms with van der Waals surface area (Å²) in [5, 5.41) is 15.6. The number of hydrogen-bond donors (Lipinski definition) is 8. The third-order valence-electron chi connectivity index (χ3n) is 3.32. The second-order valence-electron chi connectivity index (χ2n) is 5.91. The Morgan fingerprint density at radius 1 is 0.794 bits per heavy atom. The van der Waals surface area contributed by atoms with E-state index in [1.807, 2.05) is 13.8 Å². The average Bonchev–Trinajstić information content (AvgIpc) is 2.77. The zero-order chi connectivity index (χ0) is 26.3. The lowest BCUT2D eigenvalue weighted by Crippen LogP contribution is -2.19. The molecule has 0 bridgehead atoms. The van der Waals surface area contributed by atoms with Gasteiger partial charge < -0.3 is 52.6 Å². The molecule has 0 aliphatic heterocycles. The molecule has 0 atom stereocenters. The highest BCUT2D eigenvalue weighted by Gasteiger charge is 2.05. The predicted octanol–water partition coefficient (Wildman–Crippen LogP) is -1.35. The lowest BCUT2D eigenvalue weighted by Gasteiger charge is -2.03. The third kappa shape index (κ3) is 11.8. The molecule has 0 radical (unpaired) electrons. The molecule has 2 rings (SSSR count). The van der Waals surface area contributed by atoms with Crippen molar-refractivity contribution in [2.75, 3.05) is 36.1 Å². The van der Waals surface area contributed by atoms with Gasteiger partial charge in [-0.1, -0.05) is 0 Å². The van der Waals surface area contributed by atoms with Gasteiger partial charge in [0, 0.05) is 25.4 Å². The smallest absolute Gasteiger partial charge is 0.328 e. The van der Waals surface area contributed by atoms with E-state index in [1.165, 1.54) is 0 Å². The first-order valence-corrected chi connectivity index (χ1v) is 9.50. The Kier molecular flexibility index (Phi) is 13.4. The second-order valence-corrected chi connectivity index (χ2v) is 5.91. The molecule has 2 heterocycles. The summed E-state index contributed by atoms with van der Waals surface area (Å²) in [6.45, 7) is 5.26. The molecule has 0 aliphatic rings. The van der Waals surface area contributed by atoms with E-state index in [9.17, 15) is 19.2 Å². The number of nitrogens with zero attached hydrogens (tertiary/aromatic N) is 2. The van der Waals surface area contributed by atoms with Gasteiger partial charge in [-0.25, -0.2) is 19.6 Å². The summed E-state index contributed by atoms with van der Waals surface area (Å²) in [6.07, 6.45) is 1.12. The quantitative estimate of drug-likeness (QED) is 0.201. The van der Waals surface area contributed by atoms with Gasteiger partial charge in [-0.3, -0.25) is 9.59 Å². The maximum Gasteiger partial charge on any atom is 0.328 e. The maximum atomic E-state index is 11.1. The molecule has 0 fully saturated rings. The number of anilines is 4. The summed E-state index contributed by atoms with van der Waals surface area (Å²) in [4.78, 5) is 53.8. The molecule has 34 heavy (non-hydrogen) atoms. The molecule has 16 nitrogen and oxygen atoms in total. The molecule has 0 saturated heterocycles. The van der Waals surface area contributed by atoms with Gasteiger partial charge in [0.1, 0.15) is 36.2 Å². The molecule has 0 aliphatic carbocycles. The van der Waals surface area contributed by atoms with Crippen molar-refractivity contribution in [3.05, 3.63) is 44.5 Å². The van der Waals surface area contributed by atoms with Crippen molar-refractivity contribution in [1.29, 1.82) is 0 Å². The molecular weight excluding hydrogens is 456 g/mol. The Morgan fingerprint density at radius 2 is 1.12 bits per heavy atom. The number of aliphatic carboxylic acids is 2. The number of aromatic nitrogens is 4. The fourth-order valence-electron chi connectivity index (χ4n) is 1.77. The van der Waals surface area contributed by atoms with Crippen LogP contribution < -0.4 is 34.1 Å². The Balaban J connectivity index is 0.000000497. The minimum atomic E-state index is -1.26. The van der Waals surface area contributed by atoms with Crippen molar-refractivity contribution in [2.24, 2.45) is 0 Å². The van der Waals surface area contributed by atoms with Crippen molar-refractivity contribution in [1.82, 2.24) is 19.9 Å². The topological polar surface area (TPSA) is 289 Å². The highest BCUT2D eigenvalue weighted by molar-refractivity contribution is 5.89. The number of nitrogens with two attached hydrogens (primary N) is 4. The summed E-state index contributed by atoms with van der Waals surface area (Å²) < 4.78 is 10.1. The normalized spacial score (nSPS) is 10.1. The molecule has 0 spiro atoms. The molecule has 16 heteroatoms. The minimum Gasteiger partial charge on any atom is -0.478 e. The number of ether oxygens (including phenoxy) is 2. The van der Waals surface area contributed by atoms with Gasteiger partial charge in [0.25, 0.3) is 11.1 Å². The molecule has 0 saturated carbocycles. The summed E-state index contributed by atoms with van der Waals surface area (Å²) in [5.74, 6) is -1.66. The number of carbonyl (C=O) groups is 2. The van der Waals surface area contributed by atoms with Gasteiger partial charge >= 0.3 is 11.9 Å². The fourth-order valence-corrected chi connectivity index (χ4v) is 1.77. The standard InChI is InChI=1S/2C7H12N4O2.C4H4O4/c2*1-2-13-3-4-10-6(9)5(8)7(12)11-4;5-3(6)1-2-4(7)8/h2*2-3,8H2,1H3,(H3,9,10,11,12);1-2H,(H,5,6)(H,7,8)/b;;2-1-. The monoisotopic (exact) mass is 484 g/mol. The largest absolute Gasteiger partial charge is 0.478 e. The van der Waals surface area contributed by atoms with E-state index in [1.54, 1.807) is 0 Å². The predicted molar refractivity (Wildman–Crippen MR) is 122 cm³/mol. The Hall–Kier alpha value is -4.44. The van der Waals surface area contributed by atoms with Gasteiger partial charge in [0.05, 0.1) is 0 Å². The van der Waals surface area contributed by atoms with E-state index in [0.717, 1.165) is 0 Å². The van der Waals surface area contributed by atoms with Gasteiger partial charge in [-0.05, 0) is 13.8 Å². The van der Waals surface area contributed by atoms with Crippen LogP contribution in [-0.4, -0.2) is 55.3 Å². The Labute approximate surface area is 192 Å². The SMILES string of the molecule is CCOCc1nc(N)c(N)c(=O)[nH]1.CCOCc1nc(N)c(N)c(=O)[nH]1.O=C(O)/C=C\C(=O)O. The summed E-state index contributed by atoms with van der Waals surface area (Å²) >= 11 is 0. The summed E-state index contributed by atoms with van der Waals surface area (Å²) in [5.41, 5.74) is 20.4. The third-order valence-corrected chi connectivity index (χ3v) is 3.32. The minimum absolute atomic E-state index is 0.0402. The van der Waals surface area contributed by atoms with Crippen molar-refractivity contribution < 1.29 is 29.3 Å². The van der Waals surface area contributed by atoms with Gasteiger partial charge in [0.15, 0.2) is 11.6 Å². The number of rotatable bonds is 8. The van der Waals surface area contributed by atoms with Crippen molar-refractivity contribution in [2.45, 2.75) is 27.1 Å². The molecule has 2 aromatic heterocycles. The molecule has 188 valence electrons. The average molecular weight is 484 g/mol. The summed E-state index contributed by atoms with van der Waals surface area (Å²) in [7, 11) is 0. The van der Waals surface area contributed by atoms with Crippen LogP contribution in [0.1, 0.15) is 25.5 Å². The molecule has 0 unspecified atom stereocenters. The van der Waals surface area contributed by atoms with Crippen molar-refractivity contribution in [3.63, 3.8) is 0 Å². The number of nitrogens with one attached hydrogen (secondary N) is 2. The van der Waals surface area contributed by atoms with Crippen LogP contribution in [-0.2, 0) is 32.3 Å². The number of carboxylic acid groups (broad SMARTS) is 2. The van der Waals surface area contributed by atoms with Crippen LogP contribution >= 0.6 is 0 Å². The van der Waals surface area contributed by atoms with Crippen LogP contribution in [0.4, 0.5) is 23.0 Å². The maximum absolute atomic E-state index is 11.1. The first-order chi connectivity index (χ1) is 15.9. The Morgan fingerprint density at radius 3 is 1.35 bits per heavy atom. The van der Waals surface area contributed by atoms with Crippen LogP contribution in [0.15, 0.2) is 21.7 Å². The zero-order valence-electron chi connectivity index (χ0n) is 18.5. The van der Waals surface area contributed by atoms with E-state index in [-0.39, 0.29) is 36.2 Å². The zero-order valence-corrected chi connectivity index (χ0v) is 18.5. The number of carboxylic acids is 2. The van der Waals surface area contributed by atoms with E-state index < -0.39 is 23.1 Å². The van der Waals surface area contributed by atoms with Gasteiger partial charge in [-0.2, -0.15) is 0 Å². The number of nitrogen functional groups attached to an aromatic ring is 4. The van der Waals surface area contributed by atoms with Crippen LogP contribution in [0.25, 0.3) is 0 Å². The van der Waals surface area contributed by atoms with Crippen molar-refractivity contribution >= 4 is 34.9 Å². The molecule has 0 aromatic carbocycles. The summed E-state index contributed by atoms with van der Waals surface area (Å²) in [6, 6.07) is 0. The number of aromatic amines is 2. The van der Waals surface area contributed by atoms with E-state index in [4.69, 9.17) is 42.6 Å². The van der Waals surface area contributed by atoms with Crippen LogP contribution in [0.5, 0.6) is 0 Å². The van der Waals surface area contributed by atoms with Crippen LogP contribution in [0.2, 0.25) is 0 Å². The van der Waals surface area contributed by atoms with Gasteiger partial charge in [0.2, 0.25) is 0 Å². The number of H-pyrrole nitrogens is 2. The molecule has 2 aromatic rings. The lowest BCUT2D eigenvalue weighted by atomic mass is 10.4. The van der Waals surface area contributed by atoms with Crippen LogP contribution in [0.3, 0.4) is 0 Å². The highest BCUT2D eigenvalue weighted by Crippen LogP contribution is 2.04. The number of hydrogen-bond acceptors (Lipinski definition) is 12. The molecular formula is C18H28N8O8. The first-order valence-electron chi connectivity index (χ1n) is 9.50. The van der Waals surface area contributed by atoms with E-state index in [0.29, 0.717) is 37.0 Å². The lowest BCUT2D eigenvalue weighted by molar-refractivity contribution is -0.134. The second kappa shape index (κ2) is 15.4. The fraction of sp³-hybridized carbons (Fsp3) is 0.333. The van der Waals surface area contributed by atoms with Crippen molar-refractivity contribution in [3.8, 4) is 0 Å². The van der Waals surface area contributed by atoms with Gasteiger partial charge in [-0.15, -0.1) is 0 Å². The van der Waals surface area contributed by atoms with Crippen LogP contribution in [0, 0.1) is 0 Å². The highest BCUT2D eigenvalue weighted by atomic mass is 16.5.